The number of carbonyl (C=O) groups is 1. The molecule has 0 saturated heterocycles. The van der Waals surface area contributed by atoms with Gasteiger partial charge >= 0.3 is 5.97 Å². The highest BCUT2D eigenvalue weighted by atomic mass is 16.5. The average molecular weight is 259 g/mol. The first kappa shape index (κ1) is 12.7. The van der Waals surface area contributed by atoms with Crippen LogP contribution in [0, 0.1) is 19.3 Å². The van der Waals surface area contributed by atoms with Gasteiger partial charge in [-0.15, -0.1) is 0 Å². The summed E-state index contributed by atoms with van der Waals surface area (Å²) in [5, 5.41) is 0. The number of aryl methyl sites for hydroxylation is 1. The van der Waals surface area contributed by atoms with Crippen LogP contribution in [-0.2, 0) is 14.9 Å². The van der Waals surface area contributed by atoms with E-state index < -0.39 is 6.04 Å². The Morgan fingerprint density at radius 2 is 1.95 bits per heavy atom. The average Bonchev–Trinajstić information content (AvgIpc) is 2.30. The molecule has 1 unspecified atom stereocenters. The SMILES string of the molecule is COC(=O)C(N)C12CC(c3cccc(C)c3C)(C1)C2. The van der Waals surface area contributed by atoms with Crippen LogP contribution in [0.25, 0.3) is 0 Å². The van der Waals surface area contributed by atoms with Crippen LogP contribution in [0.3, 0.4) is 0 Å². The van der Waals surface area contributed by atoms with Gasteiger partial charge in [0.15, 0.2) is 0 Å². The maximum Gasteiger partial charge on any atom is 0.323 e. The summed E-state index contributed by atoms with van der Waals surface area (Å²) in [7, 11) is 1.41. The topological polar surface area (TPSA) is 52.3 Å². The van der Waals surface area contributed by atoms with Gasteiger partial charge in [0.25, 0.3) is 0 Å². The van der Waals surface area contributed by atoms with E-state index in [4.69, 9.17) is 10.5 Å². The molecule has 4 rings (SSSR count). The summed E-state index contributed by atoms with van der Waals surface area (Å²) in [5.41, 5.74) is 10.5. The monoisotopic (exact) mass is 259 g/mol. The predicted octanol–water partition coefficient (Wildman–Crippen LogP) is 2.23. The second-order valence-electron chi connectivity index (χ2n) is 6.42. The van der Waals surface area contributed by atoms with Crippen molar-refractivity contribution < 1.29 is 9.53 Å². The number of methoxy groups -OCH3 is 1. The fraction of sp³-hybridized carbons (Fsp3) is 0.562. The minimum atomic E-state index is -0.454. The van der Waals surface area contributed by atoms with Crippen LogP contribution in [-0.4, -0.2) is 19.1 Å². The van der Waals surface area contributed by atoms with Crippen LogP contribution in [0.1, 0.15) is 36.0 Å². The highest BCUT2D eigenvalue weighted by Gasteiger charge is 2.71. The van der Waals surface area contributed by atoms with Gasteiger partial charge in [-0.1, -0.05) is 18.2 Å². The first-order valence-corrected chi connectivity index (χ1v) is 6.84. The molecular formula is C16H21NO2. The fourth-order valence-electron chi connectivity index (χ4n) is 4.18. The lowest BCUT2D eigenvalue weighted by Gasteiger charge is -2.72. The lowest BCUT2D eigenvalue weighted by molar-refractivity contribution is -0.181. The molecule has 3 heteroatoms. The predicted molar refractivity (Wildman–Crippen MR) is 73.9 cm³/mol. The van der Waals surface area contributed by atoms with Crippen molar-refractivity contribution in [3.63, 3.8) is 0 Å². The maximum absolute atomic E-state index is 11.6. The van der Waals surface area contributed by atoms with Crippen LogP contribution >= 0.6 is 0 Å². The summed E-state index contributed by atoms with van der Waals surface area (Å²) in [6, 6.07) is 6.06. The number of benzene rings is 1. The highest BCUT2D eigenvalue weighted by Crippen LogP contribution is 2.75. The van der Waals surface area contributed by atoms with Gasteiger partial charge < -0.3 is 10.5 Å². The van der Waals surface area contributed by atoms with Gasteiger partial charge in [-0.2, -0.15) is 0 Å². The zero-order valence-corrected chi connectivity index (χ0v) is 11.8. The molecule has 0 aromatic heterocycles. The summed E-state index contributed by atoms with van der Waals surface area (Å²) in [6.07, 6.45) is 3.08. The third-order valence-electron chi connectivity index (χ3n) is 5.36. The summed E-state index contributed by atoms with van der Waals surface area (Å²) < 4.78 is 4.78. The van der Waals surface area contributed by atoms with E-state index in [9.17, 15) is 4.79 Å². The van der Waals surface area contributed by atoms with Crippen LogP contribution in [0.15, 0.2) is 18.2 Å². The van der Waals surface area contributed by atoms with Gasteiger partial charge in [0.05, 0.1) is 7.11 Å². The van der Waals surface area contributed by atoms with E-state index in [0.717, 1.165) is 19.3 Å². The zero-order valence-electron chi connectivity index (χ0n) is 11.8. The number of esters is 1. The number of nitrogens with two attached hydrogens (primary N) is 1. The van der Waals surface area contributed by atoms with Gasteiger partial charge in [-0.05, 0) is 60.6 Å². The summed E-state index contributed by atoms with van der Waals surface area (Å²) >= 11 is 0. The van der Waals surface area contributed by atoms with E-state index in [0.29, 0.717) is 0 Å². The number of ether oxygens (including phenoxy) is 1. The molecule has 3 saturated carbocycles. The molecule has 0 amide bonds. The van der Waals surface area contributed by atoms with E-state index >= 15 is 0 Å². The van der Waals surface area contributed by atoms with Crippen LogP contribution in [0.5, 0.6) is 0 Å². The Balaban J connectivity index is 1.80. The second-order valence-corrected chi connectivity index (χ2v) is 6.42. The Bertz CT molecular complexity index is 530. The molecule has 0 heterocycles. The Morgan fingerprint density at radius 3 is 2.53 bits per heavy atom. The molecule has 3 fully saturated rings. The standard InChI is InChI=1S/C16H21NO2/c1-10-5-4-6-12(11(10)2)15-7-16(8-15,9-15)13(17)14(18)19-3/h4-6,13H,7-9,17H2,1-3H3. The van der Waals surface area contributed by atoms with Crippen molar-refractivity contribution in [1.82, 2.24) is 0 Å². The molecule has 0 spiro atoms. The number of hydrogen-bond donors (Lipinski definition) is 1. The third-order valence-corrected chi connectivity index (χ3v) is 5.36. The summed E-state index contributed by atoms with van der Waals surface area (Å²) in [4.78, 5) is 11.6. The van der Waals surface area contributed by atoms with E-state index in [1.54, 1.807) is 0 Å². The van der Waals surface area contributed by atoms with Gasteiger partial charge in [-0.25, -0.2) is 0 Å². The van der Waals surface area contributed by atoms with Crippen molar-refractivity contribution in [3.05, 3.63) is 34.9 Å². The quantitative estimate of drug-likeness (QED) is 0.847. The van der Waals surface area contributed by atoms with Gasteiger partial charge in [0.1, 0.15) is 6.04 Å². The Labute approximate surface area is 114 Å². The number of carbonyl (C=O) groups excluding carboxylic acids is 1. The lowest BCUT2D eigenvalue weighted by Crippen LogP contribution is -2.72. The highest BCUT2D eigenvalue weighted by molar-refractivity contribution is 5.78. The summed E-state index contributed by atoms with van der Waals surface area (Å²) in [5.74, 6) is -0.269. The Morgan fingerprint density at radius 1 is 1.32 bits per heavy atom. The third kappa shape index (κ3) is 1.51. The van der Waals surface area contributed by atoms with Gasteiger partial charge in [0, 0.05) is 0 Å². The normalized spacial score (nSPS) is 33.1. The molecule has 19 heavy (non-hydrogen) atoms. The van der Waals surface area contributed by atoms with Crippen molar-refractivity contribution in [2.24, 2.45) is 11.1 Å². The Hall–Kier alpha value is -1.35. The van der Waals surface area contributed by atoms with Gasteiger partial charge in [0.2, 0.25) is 0 Å². The first-order valence-electron chi connectivity index (χ1n) is 6.84. The molecular weight excluding hydrogens is 238 g/mol. The Kier molecular flexibility index (Phi) is 2.55. The largest absolute Gasteiger partial charge is 0.468 e. The smallest absolute Gasteiger partial charge is 0.323 e. The van der Waals surface area contributed by atoms with Crippen LogP contribution in [0.2, 0.25) is 0 Å². The first-order chi connectivity index (χ1) is 8.94. The number of hydrogen-bond acceptors (Lipinski definition) is 3. The second kappa shape index (κ2) is 3.83. The van der Waals surface area contributed by atoms with E-state index in [1.165, 1.54) is 23.8 Å². The molecule has 1 aromatic carbocycles. The van der Waals surface area contributed by atoms with E-state index in [2.05, 4.69) is 32.0 Å². The molecule has 2 N–H and O–H groups in total. The minimum Gasteiger partial charge on any atom is -0.468 e. The molecule has 1 aromatic rings. The van der Waals surface area contributed by atoms with E-state index in [-0.39, 0.29) is 16.8 Å². The lowest BCUT2D eigenvalue weighted by atomic mass is 9.31. The zero-order chi connectivity index (χ0) is 13.8. The van der Waals surface area contributed by atoms with Crippen LogP contribution < -0.4 is 5.73 Å². The van der Waals surface area contributed by atoms with Crippen molar-refractivity contribution in [2.45, 2.75) is 44.6 Å². The fourth-order valence-corrected chi connectivity index (χ4v) is 4.18. The molecule has 3 aliphatic rings. The van der Waals surface area contributed by atoms with Crippen molar-refractivity contribution in [2.75, 3.05) is 7.11 Å². The molecule has 1 atom stereocenters. The molecule has 2 bridgehead atoms. The van der Waals surface area contributed by atoms with E-state index in [1.807, 2.05) is 0 Å². The maximum atomic E-state index is 11.6. The van der Waals surface area contributed by atoms with Gasteiger partial charge in [-0.3, -0.25) is 4.79 Å². The van der Waals surface area contributed by atoms with Crippen LogP contribution in [0.4, 0.5) is 0 Å². The van der Waals surface area contributed by atoms with Crippen molar-refractivity contribution >= 4 is 5.97 Å². The van der Waals surface area contributed by atoms with Crippen molar-refractivity contribution in [1.29, 1.82) is 0 Å². The van der Waals surface area contributed by atoms with Crippen molar-refractivity contribution in [3.8, 4) is 0 Å². The molecule has 0 aliphatic heterocycles. The molecule has 0 radical (unpaired) electrons. The minimum absolute atomic E-state index is 0.00325. The number of rotatable bonds is 3. The molecule has 102 valence electrons. The summed E-state index contributed by atoms with van der Waals surface area (Å²) in [6.45, 7) is 4.35. The molecule has 3 nitrogen and oxygen atoms in total. The molecule has 3 aliphatic carbocycles.